The highest BCUT2D eigenvalue weighted by molar-refractivity contribution is 7.89. The number of benzene rings is 1. The Hall–Kier alpha value is -1.53. The fourth-order valence-electron chi connectivity index (χ4n) is 3.67. The topological polar surface area (TPSA) is 95.8 Å². The maximum absolute atomic E-state index is 12.5. The van der Waals surface area contributed by atoms with Crippen LogP contribution in [0.3, 0.4) is 0 Å². The number of nitrogens with zero attached hydrogens (tertiary/aromatic N) is 5. The van der Waals surface area contributed by atoms with Crippen LogP contribution in [-0.2, 0) is 33.1 Å². The van der Waals surface area contributed by atoms with E-state index in [1.54, 1.807) is 23.4 Å². The third-order valence-corrected chi connectivity index (χ3v) is 9.17. The van der Waals surface area contributed by atoms with Crippen molar-refractivity contribution in [3.05, 3.63) is 24.0 Å². The van der Waals surface area contributed by atoms with Crippen LogP contribution in [0.5, 0.6) is 0 Å². The summed E-state index contributed by atoms with van der Waals surface area (Å²) in [6, 6.07) is 5.08. The number of aromatic nitrogens is 2. The molecule has 0 N–H and O–H groups in total. The third-order valence-electron chi connectivity index (χ3n) is 5.48. The van der Waals surface area contributed by atoms with Crippen LogP contribution in [0, 0.1) is 0 Å². The molecule has 11 heteroatoms. The number of fused-ring (bicyclic) bond motifs is 1. The molecule has 1 aromatic carbocycles. The standard InChI is InChI=1S/C19H31N5O4S2/c1-5-9-24-18-8-7-16(30(27,28)21(3)4)14-17(18)20-19(24)15-22-10-12-23(13-11-22)29(25,26)6-2/h7-8,14H,5-6,9-13,15H2,1-4H3. The Morgan fingerprint density at radius 3 is 2.27 bits per heavy atom. The van der Waals surface area contributed by atoms with Gasteiger partial charge < -0.3 is 4.57 Å². The van der Waals surface area contributed by atoms with Crippen molar-refractivity contribution < 1.29 is 16.8 Å². The molecule has 1 aliphatic heterocycles. The minimum Gasteiger partial charge on any atom is -0.327 e. The monoisotopic (exact) mass is 457 g/mol. The molecule has 0 radical (unpaired) electrons. The predicted octanol–water partition coefficient (Wildman–Crippen LogP) is 1.16. The molecular weight excluding hydrogens is 426 g/mol. The van der Waals surface area contributed by atoms with Crippen molar-refractivity contribution in [1.29, 1.82) is 0 Å². The fraction of sp³-hybridized carbons (Fsp3) is 0.632. The molecule has 2 aromatic rings. The van der Waals surface area contributed by atoms with Crippen LogP contribution in [0.1, 0.15) is 26.1 Å². The van der Waals surface area contributed by atoms with Crippen LogP contribution in [0.2, 0.25) is 0 Å². The summed E-state index contributed by atoms with van der Waals surface area (Å²) in [5, 5.41) is 0. The molecule has 0 spiro atoms. The van der Waals surface area contributed by atoms with Gasteiger partial charge in [-0.1, -0.05) is 6.92 Å². The molecular formula is C19H31N5O4S2. The third kappa shape index (κ3) is 4.54. The molecule has 9 nitrogen and oxygen atoms in total. The second kappa shape index (κ2) is 8.91. The van der Waals surface area contributed by atoms with Crippen molar-refractivity contribution in [2.75, 3.05) is 46.0 Å². The predicted molar refractivity (Wildman–Crippen MR) is 117 cm³/mol. The second-order valence-electron chi connectivity index (χ2n) is 7.69. The summed E-state index contributed by atoms with van der Waals surface area (Å²) >= 11 is 0. The van der Waals surface area contributed by atoms with E-state index in [0.717, 1.165) is 24.3 Å². The number of hydrogen-bond donors (Lipinski definition) is 0. The normalized spacial score (nSPS) is 17.2. The maximum atomic E-state index is 12.5. The quantitative estimate of drug-likeness (QED) is 0.590. The van der Waals surface area contributed by atoms with E-state index >= 15 is 0 Å². The van der Waals surface area contributed by atoms with Crippen molar-refractivity contribution in [2.24, 2.45) is 0 Å². The first-order chi connectivity index (χ1) is 14.1. The summed E-state index contributed by atoms with van der Waals surface area (Å²) in [6.45, 7) is 7.41. The summed E-state index contributed by atoms with van der Waals surface area (Å²) in [5.74, 6) is 0.996. The number of piperazine rings is 1. The Morgan fingerprint density at radius 2 is 1.70 bits per heavy atom. The number of rotatable bonds is 8. The van der Waals surface area contributed by atoms with E-state index in [1.807, 2.05) is 6.07 Å². The van der Waals surface area contributed by atoms with Gasteiger partial charge in [0.2, 0.25) is 20.0 Å². The highest BCUT2D eigenvalue weighted by Crippen LogP contribution is 2.23. The molecule has 0 saturated carbocycles. The van der Waals surface area contributed by atoms with Gasteiger partial charge in [-0.25, -0.2) is 26.1 Å². The zero-order valence-electron chi connectivity index (χ0n) is 18.1. The Balaban J connectivity index is 1.86. The minimum absolute atomic E-state index is 0.123. The Morgan fingerprint density at radius 1 is 1.03 bits per heavy atom. The molecule has 0 aliphatic carbocycles. The van der Waals surface area contributed by atoms with E-state index in [1.165, 1.54) is 18.4 Å². The lowest BCUT2D eigenvalue weighted by molar-refractivity contribution is 0.176. The van der Waals surface area contributed by atoms with Crippen LogP contribution in [0.15, 0.2) is 23.1 Å². The summed E-state index contributed by atoms with van der Waals surface area (Å²) in [7, 11) is -3.65. The summed E-state index contributed by atoms with van der Waals surface area (Å²) in [6.07, 6.45) is 0.929. The fourth-order valence-corrected chi connectivity index (χ4v) is 5.68. The van der Waals surface area contributed by atoms with E-state index in [2.05, 4.69) is 16.4 Å². The van der Waals surface area contributed by atoms with E-state index in [-0.39, 0.29) is 10.6 Å². The van der Waals surface area contributed by atoms with Gasteiger partial charge in [0.05, 0.1) is 28.2 Å². The van der Waals surface area contributed by atoms with Crippen LogP contribution in [-0.4, -0.2) is 85.9 Å². The highest BCUT2D eigenvalue weighted by Gasteiger charge is 2.26. The zero-order chi connectivity index (χ0) is 22.1. The van der Waals surface area contributed by atoms with Gasteiger partial charge in [0, 0.05) is 46.8 Å². The van der Waals surface area contributed by atoms with Gasteiger partial charge in [-0.15, -0.1) is 0 Å². The summed E-state index contributed by atoms with van der Waals surface area (Å²) in [5.41, 5.74) is 1.57. The SMILES string of the molecule is CCCn1c(CN2CCN(S(=O)(=O)CC)CC2)nc2cc(S(=O)(=O)N(C)C)ccc21. The largest absolute Gasteiger partial charge is 0.327 e. The number of imidazole rings is 1. The summed E-state index contributed by atoms with van der Waals surface area (Å²) < 4.78 is 54.0. The van der Waals surface area contributed by atoms with Gasteiger partial charge in [-0.2, -0.15) is 4.31 Å². The molecule has 3 rings (SSSR count). The Labute approximate surface area is 179 Å². The Kier molecular flexibility index (Phi) is 6.87. The molecule has 1 saturated heterocycles. The lowest BCUT2D eigenvalue weighted by Gasteiger charge is -2.33. The molecule has 0 amide bonds. The minimum atomic E-state index is -3.52. The van der Waals surface area contributed by atoms with Crippen molar-refractivity contribution in [3.63, 3.8) is 0 Å². The van der Waals surface area contributed by atoms with E-state index < -0.39 is 20.0 Å². The molecule has 1 aromatic heterocycles. The first kappa shape index (κ1) is 23.1. The van der Waals surface area contributed by atoms with Gasteiger partial charge in [0.15, 0.2) is 0 Å². The molecule has 0 unspecified atom stereocenters. The molecule has 0 atom stereocenters. The van der Waals surface area contributed by atoms with Crippen molar-refractivity contribution in [3.8, 4) is 0 Å². The van der Waals surface area contributed by atoms with Gasteiger partial charge in [-0.05, 0) is 31.5 Å². The van der Waals surface area contributed by atoms with Crippen LogP contribution in [0.25, 0.3) is 11.0 Å². The smallest absolute Gasteiger partial charge is 0.242 e. The Bertz CT molecular complexity index is 1100. The molecule has 1 aliphatic rings. The van der Waals surface area contributed by atoms with Crippen LogP contribution >= 0.6 is 0 Å². The van der Waals surface area contributed by atoms with Crippen molar-refractivity contribution >= 4 is 31.1 Å². The van der Waals surface area contributed by atoms with E-state index in [4.69, 9.17) is 4.98 Å². The summed E-state index contributed by atoms with van der Waals surface area (Å²) in [4.78, 5) is 7.18. The highest BCUT2D eigenvalue weighted by atomic mass is 32.2. The average molecular weight is 458 g/mol. The molecule has 30 heavy (non-hydrogen) atoms. The van der Waals surface area contributed by atoms with Gasteiger partial charge in [-0.3, -0.25) is 4.90 Å². The average Bonchev–Trinajstić information content (AvgIpc) is 3.05. The lowest BCUT2D eigenvalue weighted by atomic mass is 10.3. The lowest BCUT2D eigenvalue weighted by Crippen LogP contribution is -2.48. The first-order valence-electron chi connectivity index (χ1n) is 10.2. The second-order valence-corrected chi connectivity index (χ2v) is 12.1. The maximum Gasteiger partial charge on any atom is 0.242 e. The first-order valence-corrected chi connectivity index (χ1v) is 13.3. The molecule has 168 valence electrons. The van der Waals surface area contributed by atoms with Crippen molar-refractivity contribution in [1.82, 2.24) is 23.1 Å². The number of sulfonamides is 2. The molecule has 1 fully saturated rings. The van der Waals surface area contributed by atoms with Crippen LogP contribution < -0.4 is 0 Å². The van der Waals surface area contributed by atoms with E-state index in [9.17, 15) is 16.8 Å². The molecule has 0 bridgehead atoms. The van der Waals surface area contributed by atoms with Crippen LogP contribution in [0.4, 0.5) is 0 Å². The van der Waals surface area contributed by atoms with E-state index in [0.29, 0.717) is 38.2 Å². The van der Waals surface area contributed by atoms with Gasteiger partial charge in [0.1, 0.15) is 5.82 Å². The number of hydrogen-bond acceptors (Lipinski definition) is 6. The van der Waals surface area contributed by atoms with Gasteiger partial charge >= 0.3 is 0 Å². The zero-order valence-corrected chi connectivity index (χ0v) is 19.7. The molecule has 2 heterocycles. The number of aryl methyl sites for hydroxylation is 1. The van der Waals surface area contributed by atoms with Crippen molar-refractivity contribution in [2.45, 2.75) is 38.3 Å². The van der Waals surface area contributed by atoms with Gasteiger partial charge in [0.25, 0.3) is 0 Å².